The molecule has 1 aromatic carbocycles. The monoisotopic (exact) mass is 266 g/mol. The normalized spacial score (nSPS) is 12.5. The van der Waals surface area contributed by atoms with Crippen molar-refractivity contribution in [3.8, 4) is 5.75 Å². The minimum atomic E-state index is -0.420. The van der Waals surface area contributed by atoms with Crippen LogP contribution in [0.5, 0.6) is 5.75 Å². The molecular formula is C14H22N2O3. The summed E-state index contributed by atoms with van der Waals surface area (Å²) in [6, 6.07) is 5.21. The van der Waals surface area contributed by atoms with Crippen molar-refractivity contribution in [2.45, 2.75) is 39.2 Å². The smallest absolute Gasteiger partial charge is 0.311 e. The fourth-order valence-electron chi connectivity index (χ4n) is 2.11. The van der Waals surface area contributed by atoms with Crippen LogP contribution in [-0.4, -0.2) is 18.1 Å². The highest BCUT2D eigenvalue weighted by Crippen LogP contribution is 2.28. The van der Waals surface area contributed by atoms with Crippen LogP contribution >= 0.6 is 0 Å². The van der Waals surface area contributed by atoms with E-state index < -0.39 is 4.92 Å². The summed E-state index contributed by atoms with van der Waals surface area (Å²) in [5.41, 5.74) is 6.95. The Hall–Kier alpha value is -1.62. The Morgan fingerprint density at radius 1 is 1.42 bits per heavy atom. The number of nitro benzene ring substituents is 1. The van der Waals surface area contributed by atoms with Crippen molar-refractivity contribution >= 4 is 5.69 Å². The van der Waals surface area contributed by atoms with E-state index in [0.717, 1.165) is 24.8 Å². The second-order valence-electron chi connectivity index (χ2n) is 5.19. The molecule has 0 heterocycles. The molecule has 0 aliphatic rings. The standard InChI is InChI=1S/C14H22N2O3/c1-10(2)8-12(15)6-4-11-5-7-14(19-3)13(9-11)16(17)18/h5,7,9-10,12H,4,6,8,15H2,1-3H3. The van der Waals surface area contributed by atoms with Gasteiger partial charge in [0, 0.05) is 12.1 Å². The van der Waals surface area contributed by atoms with E-state index in [9.17, 15) is 10.1 Å². The number of aryl methyl sites for hydroxylation is 1. The van der Waals surface area contributed by atoms with Crippen molar-refractivity contribution in [3.63, 3.8) is 0 Å². The molecule has 0 bridgehead atoms. The van der Waals surface area contributed by atoms with E-state index in [4.69, 9.17) is 10.5 Å². The van der Waals surface area contributed by atoms with E-state index in [1.54, 1.807) is 12.1 Å². The predicted molar refractivity (Wildman–Crippen MR) is 75.4 cm³/mol. The molecule has 0 aliphatic heterocycles. The first-order valence-electron chi connectivity index (χ1n) is 6.51. The van der Waals surface area contributed by atoms with Crippen LogP contribution in [0.3, 0.4) is 0 Å². The lowest BCUT2D eigenvalue weighted by Crippen LogP contribution is -2.22. The third kappa shape index (κ3) is 4.87. The number of ether oxygens (including phenoxy) is 1. The van der Waals surface area contributed by atoms with Crippen LogP contribution in [0.25, 0.3) is 0 Å². The lowest BCUT2D eigenvalue weighted by Gasteiger charge is -2.13. The summed E-state index contributed by atoms with van der Waals surface area (Å²) >= 11 is 0. The highest BCUT2D eigenvalue weighted by Gasteiger charge is 2.15. The van der Waals surface area contributed by atoms with Gasteiger partial charge in [-0.05, 0) is 36.8 Å². The molecule has 0 radical (unpaired) electrons. The Labute approximate surface area is 113 Å². The van der Waals surface area contributed by atoms with Gasteiger partial charge in [0.1, 0.15) is 0 Å². The first-order chi connectivity index (χ1) is 8.93. The highest BCUT2D eigenvalue weighted by molar-refractivity contribution is 5.48. The van der Waals surface area contributed by atoms with Gasteiger partial charge in [-0.15, -0.1) is 0 Å². The quantitative estimate of drug-likeness (QED) is 0.608. The molecule has 0 amide bonds. The Morgan fingerprint density at radius 3 is 2.63 bits per heavy atom. The maximum atomic E-state index is 10.9. The minimum Gasteiger partial charge on any atom is -0.490 e. The van der Waals surface area contributed by atoms with Crippen molar-refractivity contribution in [3.05, 3.63) is 33.9 Å². The fourth-order valence-corrected chi connectivity index (χ4v) is 2.11. The number of nitro groups is 1. The molecule has 0 spiro atoms. The molecule has 106 valence electrons. The summed E-state index contributed by atoms with van der Waals surface area (Å²) in [5, 5.41) is 10.9. The SMILES string of the molecule is COc1ccc(CCC(N)CC(C)C)cc1[N+](=O)[O-]. The predicted octanol–water partition coefficient (Wildman–Crippen LogP) is 2.91. The maximum Gasteiger partial charge on any atom is 0.311 e. The van der Waals surface area contributed by atoms with E-state index in [1.807, 2.05) is 6.07 Å². The van der Waals surface area contributed by atoms with Gasteiger partial charge in [-0.3, -0.25) is 10.1 Å². The third-order valence-electron chi connectivity index (χ3n) is 3.02. The van der Waals surface area contributed by atoms with Crippen LogP contribution in [0.4, 0.5) is 5.69 Å². The average Bonchev–Trinajstić information content (AvgIpc) is 2.35. The second kappa shape index (κ2) is 7.09. The number of nitrogens with zero attached hydrogens (tertiary/aromatic N) is 1. The molecule has 5 nitrogen and oxygen atoms in total. The lowest BCUT2D eigenvalue weighted by atomic mass is 9.98. The zero-order valence-electron chi connectivity index (χ0n) is 11.8. The maximum absolute atomic E-state index is 10.9. The topological polar surface area (TPSA) is 78.4 Å². The first kappa shape index (κ1) is 15.4. The largest absolute Gasteiger partial charge is 0.490 e. The van der Waals surface area contributed by atoms with Crippen LogP contribution in [0.2, 0.25) is 0 Å². The van der Waals surface area contributed by atoms with Crippen LogP contribution in [0, 0.1) is 16.0 Å². The molecule has 0 aromatic heterocycles. The number of benzene rings is 1. The first-order valence-corrected chi connectivity index (χ1v) is 6.51. The van der Waals surface area contributed by atoms with Gasteiger partial charge < -0.3 is 10.5 Å². The van der Waals surface area contributed by atoms with Crippen LogP contribution < -0.4 is 10.5 Å². The lowest BCUT2D eigenvalue weighted by molar-refractivity contribution is -0.385. The molecule has 1 unspecified atom stereocenters. The zero-order chi connectivity index (χ0) is 14.4. The number of hydrogen-bond acceptors (Lipinski definition) is 4. The van der Waals surface area contributed by atoms with Gasteiger partial charge in [-0.2, -0.15) is 0 Å². The van der Waals surface area contributed by atoms with Gasteiger partial charge in [0.25, 0.3) is 0 Å². The van der Waals surface area contributed by atoms with Gasteiger partial charge in [0.2, 0.25) is 0 Å². The Morgan fingerprint density at radius 2 is 2.11 bits per heavy atom. The van der Waals surface area contributed by atoms with Gasteiger partial charge in [-0.25, -0.2) is 0 Å². The van der Waals surface area contributed by atoms with Crippen molar-refractivity contribution in [2.75, 3.05) is 7.11 Å². The van der Waals surface area contributed by atoms with E-state index >= 15 is 0 Å². The molecule has 1 rings (SSSR count). The zero-order valence-corrected chi connectivity index (χ0v) is 11.8. The van der Waals surface area contributed by atoms with Crippen molar-refractivity contribution in [1.29, 1.82) is 0 Å². The molecule has 1 aromatic rings. The molecular weight excluding hydrogens is 244 g/mol. The number of methoxy groups -OCH3 is 1. The van der Waals surface area contributed by atoms with Gasteiger partial charge in [0.15, 0.2) is 5.75 Å². The summed E-state index contributed by atoms with van der Waals surface area (Å²) in [5.74, 6) is 0.862. The second-order valence-corrected chi connectivity index (χ2v) is 5.19. The highest BCUT2D eigenvalue weighted by atomic mass is 16.6. The molecule has 0 fully saturated rings. The Kier molecular flexibility index (Phi) is 5.76. The average molecular weight is 266 g/mol. The van der Waals surface area contributed by atoms with Crippen molar-refractivity contribution in [1.82, 2.24) is 0 Å². The summed E-state index contributed by atoms with van der Waals surface area (Å²) < 4.78 is 4.97. The van der Waals surface area contributed by atoms with Gasteiger partial charge in [0.05, 0.1) is 12.0 Å². The summed E-state index contributed by atoms with van der Waals surface area (Å²) in [4.78, 5) is 10.5. The Balaban J connectivity index is 2.69. The van der Waals surface area contributed by atoms with Crippen LogP contribution in [0.15, 0.2) is 18.2 Å². The Bertz CT molecular complexity index is 433. The molecule has 0 aliphatic carbocycles. The molecule has 5 heteroatoms. The van der Waals surface area contributed by atoms with E-state index in [-0.39, 0.29) is 11.7 Å². The van der Waals surface area contributed by atoms with Crippen molar-refractivity contribution in [2.24, 2.45) is 11.7 Å². The summed E-state index contributed by atoms with van der Waals surface area (Å²) in [7, 11) is 1.43. The van der Waals surface area contributed by atoms with E-state index in [0.29, 0.717) is 11.7 Å². The minimum absolute atomic E-state index is 0.0115. The summed E-state index contributed by atoms with van der Waals surface area (Å²) in [6.07, 6.45) is 2.55. The molecule has 1 atom stereocenters. The molecule has 0 saturated carbocycles. The van der Waals surface area contributed by atoms with Crippen LogP contribution in [-0.2, 0) is 6.42 Å². The molecule has 19 heavy (non-hydrogen) atoms. The van der Waals surface area contributed by atoms with E-state index in [2.05, 4.69) is 13.8 Å². The van der Waals surface area contributed by atoms with Gasteiger partial charge >= 0.3 is 5.69 Å². The summed E-state index contributed by atoms with van der Waals surface area (Å²) in [6.45, 7) is 4.27. The van der Waals surface area contributed by atoms with Crippen molar-refractivity contribution < 1.29 is 9.66 Å². The third-order valence-corrected chi connectivity index (χ3v) is 3.02. The number of nitrogens with two attached hydrogens (primary N) is 1. The number of hydrogen-bond donors (Lipinski definition) is 1. The molecule has 2 N–H and O–H groups in total. The number of rotatable bonds is 7. The van der Waals surface area contributed by atoms with Crippen LogP contribution in [0.1, 0.15) is 32.3 Å². The van der Waals surface area contributed by atoms with E-state index in [1.165, 1.54) is 7.11 Å². The van der Waals surface area contributed by atoms with Gasteiger partial charge in [-0.1, -0.05) is 19.9 Å². The molecule has 0 saturated heterocycles. The fraction of sp³-hybridized carbons (Fsp3) is 0.571.